The molecule has 5 nitrogen and oxygen atoms in total. The molecule has 19 heavy (non-hydrogen) atoms. The van der Waals surface area contributed by atoms with Crippen LogP contribution in [0.15, 0.2) is 0 Å². The third-order valence-electron chi connectivity index (χ3n) is 2.25. The first-order chi connectivity index (χ1) is 9.39. The highest BCUT2D eigenvalue weighted by Gasteiger charge is 2.22. The second-order valence-electron chi connectivity index (χ2n) is 5.37. The molecule has 0 aromatic carbocycles. The number of ether oxygens (including phenoxy) is 1. The Bertz CT molecular complexity index is 356. The first kappa shape index (κ1) is 14.6. The average Bonchev–Trinajstić information content (AvgIpc) is 2.19. The Labute approximate surface area is 126 Å². The van der Waals surface area contributed by atoms with E-state index in [0.29, 0.717) is 23.9 Å². The van der Waals surface area contributed by atoms with Crippen molar-refractivity contribution in [1.29, 1.82) is 0 Å². The summed E-state index contributed by atoms with van der Waals surface area (Å²) < 4.78 is 26.8. The highest BCUT2D eigenvalue weighted by Crippen LogP contribution is 2.08. The number of rotatable bonds is 9. The van der Waals surface area contributed by atoms with Gasteiger partial charge in [-0.3, -0.25) is 4.79 Å². The van der Waals surface area contributed by atoms with Crippen LogP contribution < -0.4 is 5.11 Å². The van der Waals surface area contributed by atoms with E-state index in [-0.39, 0.29) is 31.7 Å². The number of carboxylic acids is 1. The van der Waals surface area contributed by atoms with Crippen molar-refractivity contribution < 1.29 is 28.0 Å². The predicted molar refractivity (Wildman–Crippen MR) is 73.8 cm³/mol. The predicted octanol–water partition coefficient (Wildman–Crippen LogP) is 0.746. The van der Waals surface area contributed by atoms with Crippen LogP contribution in [0.2, 0.25) is 0 Å². The van der Waals surface area contributed by atoms with Gasteiger partial charge in [0.05, 0.1) is 21.1 Å². The van der Waals surface area contributed by atoms with Crippen LogP contribution in [0.4, 0.5) is 0 Å². The molecule has 1 atom stereocenters. The number of carbonyl (C=O) groups is 2. The second kappa shape index (κ2) is 10.0. The van der Waals surface area contributed by atoms with Crippen LogP contribution in [0.5, 0.6) is 0 Å². The van der Waals surface area contributed by atoms with Gasteiger partial charge in [-0.15, -0.1) is 12.4 Å². The number of carboxylic acid groups (broad SMARTS) is 1. The number of carbonyl (C=O) groups excluding carboxylic acids is 2. The molecule has 0 aromatic rings. The maximum atomic E-state index is 11.7. The first-order valence-electron chi connectivity index (χ1n) is 7.59. The SMILES string of the molecule is Cl.[2H]C([2H])([2H])CCCCC(=O)OC(CC(=O)[O-])C[N+](C)(C)C. The summed E-state index contributed by atoms with van der Waals surface area (Å²) in [6.45, 7) is -1.61. The van der Waals surface area contributed by atoms with Crippen molar-refractivity contribution in [1.82, 2.24) is 0 Å². The third-order valence-corrected chi connectivity index (χ3v) is 2.25. The summed E-state index contributed by atoms with van der Waals surface area (Å²) in [4.78, 5) is 22.3. The largest absolute Gasteiger partial charge is 0.550 e. The number of esters is 1. The van der Waals surface area contributed by atoms with Gasteiger partial charge in [0.1, 0.15) is 6.54 Å². The van der Waals surface area contributed by atoms with E-state index >= 15 is 0 Å². The van der Waals surface area contributed by atoms with E-state index in [9.17, 15) is 14.7 Å². The molecule has 0 rings (SSSR count). The van der Waals surface area contributed by atoms with Crippen molar-refractivity contribution in [2.24, 2.45) is 0 Å². The molecule has 0 aromatic heterocycles. The van der Waals surface area contributed by atoms with Gasteiger partial charge < -0.3 is 19.1 Å². The quantitative estimate of drug-likeness (QED) is 0.358. The molecule has 0 bridgehead atoms. The van der Waals surface area contributed by atoms with E-state index in [4.69, 9.17) is 8.85 Å². The molecule has 0 aliphatic rings. The van der Waals surface area contributed by atoms with Crippen LogP contribution in [0.25, 0.3) is 0 Å². The number of unbranched alkanes of at least 4 members (excludes halogenated alkanes) is 1. The molecule has 0 saturated carbocycles. The monoisotopic (exact) mass is 298 g/mol. The van der Waals surface area contributed by atoms with Crippen LogP contribution in [0.3, 0.4) is 0 Å². The summed E-state index contributed by atoms with van der Waals surface area (Å²) in [5, 5.41) is 10.7. The molecule has 0 saturated heterocycles. The number of hydrogen-bond donors (Lipinski definition) is 0. The van der Waals surface area contributed by atoms with Gasteiger partial charge in [0.25, 0.3) is 0 Å². The normalized spacial score (nSPS) is 15.4. The molecular weight excluding hydrogens is 270 g/mol. The van der Waals surface area contributed by atoms with E-state index in [0.717, 1.165) is 0 Å². The zero-order valence-corrected chi connectivity index (χ0v) is 12.6. The number of quaternary nitrogens is 1. The molecule has 0 N–H and O–H groups in total. The van der Waals surface area contributed by atoms with Crippen LogP contribution in [-0.4, -0.2) is 50.2 Å². The number of nitrogens with zero attached hydrogens (tertiary/aromatic N) is 1. The van der Waals surface area contributed by atoms with E-state index in [1.807, 2.05) is 21.1 Å². The summed E-state index contributed by atoms with van der Waals surface area (Å²) in [6, 6.07) is 0. The zero-order valence-electron chi connectivity index (χ0n) is 14.8. The molecule has 0 aliphatic carbocycles. The molecule has 0 aliphatic heterocycles. The van der Waals surface area contributed by atoms with Gasteiger partial charge in [-0.25, -0.2) is 0 Å². The Hall–Kier alpha value is -0.810. The Morgan fingerprint density at radius 2 is 1.95 bits per heavy atom. The number of aliphatic carboxylic acids is 1. The van der Waals surface area contributed by atoms with Crippen LogP contribution in [0, 0.1) is 0 Å². The molecule has 0 radical (unpaired) electrons. The number of halogens is 1. The van der Waals surface area contributed by atoms with Gasteiger partial charge in [0.15, 0.2) is 6.10 Å². The molecular formula is C13H26ClNO4. The summed E-state index contributed by atoms with van der Waals surface area (Å²) in [6.07, 6.45) is -0.0918. The van der Waals surface area contributed by atoms with Gasteiger partial charge in [0.2, 0.25) is 0 Å². The summed E-state index contributed by atoms with van der Waals surface area (Å²) in [5.74, 6) is -1.76. The molecule has 0 spiro atoms. The minimum atomic E-state index is -1.98. The molecule has 0 heterocycles. The highest BCUT2D eigenvalue weighted by molar-refractivity contribution is 5.85. The van der Waals surface area contributed by atoms with Crippen LogP contribution >= 0.6 is 12.4 Å². The Kier molecular flexibility index (Phi) is 7.71. The van der Waals surface area contributed by atoms with E-state index in [1.54, 1.807) is 0 Å². The highest BCUT2D eigenvalue weighted by atomic mass is 35.5. The Morgan fingerprint density at radius 3 is 2.42 bits per heavy atom. The van der Waals surface area contributed by atoms with Crippen LogP contribution in [-0.2, 0) is 14.3 Å². The van der Waals surface area contributed by atoms with Gasteiger partial charge in [-0.05, 0) is 6.42 Å². The van der Waals surface area contributed by atoms with Crippen molar-refractivity contribution in [3.8, 4) is 0 Å². The fourth-order valence-electron chi connectivity index (χ4n) is 1.58. The molecule has 0 fully saturated rings. The lowest BCUT2D eigenvalue weighted by Gasteiger charge is -2.29. The lowest BCUT2D eigenvalue weighted by atomic mass is 10.2. The third kappa shape index (κ3) is 13.4. The lowest BCUT2D eigenvalue weighted by Crippen LogP contribution is -2.45. The van der Waals surface area contributed by atoms with E-state index < -0.39 is 24.9 Å². The Morgan fingerprint density at radius 1 is 1.32 bits per heavy atom. The Balaban J connectivity index is 0. The second-order valence-corrected chi connectivity index (χ2v) is 5.37. The van der Waals surface area contributed by atoms with Gasteiger partial charge in [0, 0.05) is 22.9 Å². The fraction of sp³-hybridized carbons (Fsp3) is 0.846. The van der Waals surface area contributed by atoms with Gasteiger partial charge in [-0.1, -0.05) is 19.7 Å². The first-order valence-corrected chi connectivity index (χ1v) is 6.09. The maximum Gasteiger partial charge on any atom is 0.306 e. The van der Waals surface area contributed by atoms with Crippen LogP contribution in [0.1, 0.15) is 43.1 Å². The molecule has 0 amide bonds. The average molecular weight is 299 g/mol. The lowest BCUT2D eigenvalue weighted by molar-refractivity contribution is -0.873. The van der Waals surface area contributed by atoms with Gasteiger partial charge in [-0.2, -0.15) is 0 Å². The summed E-state index contributed by atoms with van der Waals surface area (Å²) >= 11 is 0. The zero-order chi connectivity index (χ0) is 16.7. The topological polar surface area (TPSA) is 66.4 Å². The standard InChI is InChI=1S/C13H25NO4.ClH/c1-5-6-7-8-13(17)18-11(9-12(15)16)10-14(2,3)4;/h11H,5-10H2,1-4H3;1H/i1D3;. The maximum absolute atomic E-state index is 11.7. The van der Waals surface area contributed by atoms with E-state index in [1.165, 1.54) is 0 Å². The number of hydrogen-bond acceptors (Lipinski definition) is 4. The van der Waals surface area contributed by atoms with Gasteiger partial charge >= 0.3 is 5.97 Å². The van der Waals surface area contributed by atoms with Crippen molar-refractivity contribution in [2.45, 2.75) is 45.1 Å². The number of likely N-dealkylation sites (N-methyl/N-ethyl adjacent to an activating group) is 1. The minimum absolute atomic E-state index is 0. The van der Waals surface area contributed by atoms with Crippen molar-refractivity contribution in [2.75, 3.05) is 27.7 Å². The minimum Gasteiger partial charge on any atom is -0.550 e. The van der Waals surface area contributed by atoms with Crippen molar-refractivity contribution >= 4 is 24.3 Å². The molecule has 114 valence electrons. The van der Waals surface area contributed by atoms with Crippen molar-refractivity contribution in [3.05, 3.63) is 0 Å². The molecule has 1 unspecified atom stereocenters. The summed E-state index contributed by atoms with van der Waals surface area (Å²) in [5.41, 5.74) is 0. The van der Waals surface area contributed by atoms with E-state index in [2.05, 4.69) is 0 Å². The fourth-order valence-corrected chi connectivity index (χ4v) is 1.58. The summed E-state index contributed by atoms with van der Waals surface area (Å²) in [7, 11) is 5.60. The molecule has 6 heteroatoms. The van der Waals surface area contributed by atoms with Crippen molar-refractivity contribution in [3.63, 3.8) is 0 Å². The smallest absolute Gasteiger partial charge is 0.306 e.